The molecule has 206 valence electrons. The Morgan fingerprint density at radius 1 is 1.05 bits per heavy atom. The van der Waals surface area contributed by atoms with Crippen LogP contribution in [0, 0.1) is 5.82 Å². The predicted octanol–water partition coefficient (Wildman–Crippen LogP) is 4.75. The van der Waals surface area contributed by atoms with E-state index in [4.69, 9.17) is 9.72 Å². The number of carbonyl (C=O) groups excluding carboxylic acids is 1. The maximum Gasteiger partial charge on any atom is 0.225 e. The van der Waals surface area contributed by atoms with E-state index in [2.05, 4.69) is 21.7 Å². The van der Waals surface area contributed by atoms with Gasteiger partial charge in [0.05, 0.1) is 11.5 Å². The summed E-state index contributed by atoms with van der Waals surface area (Å²) in [6.45, 7) is 12.0. The Kier molecular flexibility index (Phi) is 10.1. The van der Waals surface area contributed by atoms with Gasteiger partial charge in [0, 0.05) is 64.9 Å². The summed E-state index contributed by atoms with van der Waals surface area (Å²) in [5.74, 6) is 1.73. The molecule has 8 heteroatoms. The summed E-state index contributed by atoms with van der Waals surface area (Å²) in [5, 5.41) is 0. The van der Waals surface area contributed by atoms with Crippen molar-refractivity contribution in [3.8, 4) is 0 Å². The molecule has 5 rings (SSSR count). The quantitative estimate of drug-likeness (QED) is 0.509. The summed E-state index contributed by atoms with van der Waals surface area (Å²) in [5.41, 5.74) is 3.32. The van der Waals surface area contributed by atoms with Crippen molar-refractivity contribution in [3.63, 3.8) is 0 Å². The first kappa shape index (κ1) is 28.0. The van der Waals surface area contributed by atoms with E-state index in [1.54, 1.807) is 19.1 Å². The first-order valence-corrected chi connectivity index (χ1v) is 14.1. The third kappa shape index (κ3) is 7.76. The van der Waals surface area contributed by atoms with E-state index in [9.17, 15) is 9.18 Å². The Labute approximate surface area is 226 Å². The van der Waals surface area contributed by atoms with Gasteiger partial charge in [-0.2, -0.15) is 0 Å². The van der Waals surface area contributed by atoms with E-state index >= 15 is 0 Å². The Balaban J connectivity index is 0.000000206. The molecule has 7 nitrogen and oxygen atoms in total. The highest BCUT2D eigenvalue weighted by molar-refractivity contribution is 5.73. The topological polar surface area (TPSA) is 61.8 Å². The molecule has 0 bridgehead atoms. The Hall–Kier alpha value is -3.00. The van der Waals surface area contributed by atoms with Crippen LogP contribution in [0.4, 0.5) is 10.3 Å². The van der Waals surface area contributed by atoms with Gasteiger partial charge >= 0.3 is 0 Å². The summed E-state index contributed by atoms with van der Waals surface area (Å²) in [6.07, 6.45) is 10.8. The van der Waals surface area contributed by atoms with Gasteiger partial charge in [-0.1, -0.05) is 25.5 Å². The van der Waals surface area contributed by atoms with Gasteiger partial charge in [-0.15, -0.1) is 0 Å². The maximum atomic E-state index is 12.6. The van der Waals surface area contributed by atoms with Gasteiger partial charge in [0.2, 0.25) is 11.9 Å². The van der Waals surface area contributed by atoms with Crippen molar-refractivity contribution in [1.82, 2.24) is 19.8 Å². The van der Waals surface area contributed by atoms with Crippen LogP contribution in [0.1, 0.15) is 63.3 Å². The minimum absolute atomic E-state index is 0.156. The number of rotatable bonds is 6. The van der Waals surface area contributed by atoms with Gasteiger partial charge < -0.3 is 14.5 Å². The molecule has 1 saturated heterocycles. The Bertz CT molecular complexity index is 1080. The van der Waals surface area contributed by atoms with Gasteiger partial charge in [0.15, 0.2) is 0 Å². The van der Waals surface area contributed by atoms with Gasteiger partial charge in [-0.25, -0.2) is 14.4 Å². The van der Waals surface area contributed by atoms with Crippen LogP contribution in [0.3, 0.4) is 0 Å². The lowest BCUT2D eigenvalue weighted by molar-refractivity contribution is -0.128. The molecule has 2 fully saturated rings. The van der Waals surface area contributed by atoms with Crippen molar-refractivity contribution in [2.24, 2.45) is 0 Å². The number of halogens is 1. The van der Waals surface area contributed by atoms with E-state index in [1.807, 2.05) is 24.1 Å². The number of aromatic nitrogens is 2. The lowest BCUT2D eigenvalue weighted by Gasteiger charge is -2.43. The zero-order chi connectivity index (χ0) is 26.9. The molecule has 0 spiro atoms. The smallest absolute Gasteiger partial charge is 0.225 e. The zero-order valence-corrected chi connectivity index (χ0v) is 23.2. The highest BCUT2D eigenvalue weighted by Crippen LogP contribution is 2.26. The van der Waals surface area contributed by atoms with Crippen LogP contribution in [0.2, 0.25) is 0 Å². The zero-order valence-electron chi connectivity index (χ0n) is 23.2. The second kappa shape index (κ2) is 13.7. The van der Waals surface area contributed by atoms with E-state index in [0.717, 1.165) is 87.5 Å². The average Bonchev–Trinajstić information content (AvgIpc) is 3.11. The van der Waals surface area contributed by atoms with E-state index in [-0.39, 0.29) is 11.7 Å². The van der Waals surface area contributed by atoms with Crippen LogP contribution in [0.25, 0.3) is 0 Å². The number of nitrogens with zero attached hydrogens (tertiary/aromatic N) is 5. The molecule has 0 unspecified atom stereocenters. The van der Waals surface area contributed by atoms with Gasteiger partial charge in [0.1, 0.15) is 12.4 Å². The summed E-state index contributed by atoms with van der Waals surface area (Å²) >= 11 is 0. The largest absolute Gasteiger partial charge is 0.494 e. The third-order valence-electron chi connectivity index (χ3n) is 7.72. The van der Waals surface area contributed by atoms with Crippen molar-refractivity contribution >= 4 is 11.9 Å². The molecule has 1 amide bonds. The lowest BCUT2D eigenvalue weighted by atomic mass is 9.91. The van der Waals surface area contributed by atoms with Crippen LogP contribution < -0.4 is 4.90 Å². The third-order valence-corrected chi connectivity index (χ3v) is 7.72. The fourth-order valence-corrected chi connectivity index (χ4v) is 5.10. The molecule has 2 aromatic rings. The Morgan fingerprint density at radius 3 is 2.39 bits per heavy atom. The molecule has 1 saturated carbocycles. The van der Waals surface area contributed by atoms with Crippen LogP contribution in [0.5, 0.6) is 0 Å². The minimum atomic E-state index is -0.213. The van der Waals surface area contributed by atoms with Gasteiger partial charge in [0.25, 0.3) is 0 Å². The first-order chi connectivity index (χ1) is 18.4. The standard InChI is InChI=1S/C18H27N5O.C12H15FO/c1-14(24)21-7-5-15-13-19-18(20-17(15)6-8-21)23-11-9-22(10-12-23)16-3-2-4-16;1-3-4-10(2)14-9-11-5-7-12(13)8-6-11/h13,16H,2-12H2,1H3;4-8H,3,9H2,1-2H3/b;10-4-. The number of allylic oxidation sites excluding steroid dienone is 2. The monoisotopic (exact) mass is 523 g/mol. The molecule has 0 radical (unpaired) electrons. The second-order valence-electron chi connectivity index (χ2n) is 10.4. The van der Waals surface area contributed by atoms with Crippen molar-refractivity contribution < 1.29 is 13.9 Å². The fourth-order valence-electron chi connectivity index (χ4n) is 5.10. The average molecular weight is 524 g/mol. The molecule has 3 heterocycles. The minimum Gasteiger partial charge on any atom is -0.494 e. The number of anilines is 1. The molecule has 3 aliphatic rings. The predicted molar refractivity (Wildman–Crippen MR) is 148 cm³/mol. The number of fused-ring (bicyclic) bond motifs is 1. The van der Waals surface area contributed by atoms with Crippen molar-refractivity contribution in [1.29, 1.82) is 0 Å². The van der Waals surface area contributed by atoms with Gasteiger partial charge in [-0.3, -0.25) is 9.69 Å². The van der Waals surface area contributed by atoms with Crippen LogP contribution >= 0.6 is 0 Å². The summed E-state index contributed by atoms with van der Waals surface area (Å²) in [4.78, 5) is 28.0. The normalized spacial score (nSPS) is 18.6. The summed E-state index contributed by atoms with van der Waals surface area (Å²) < 4.78 is 18.0. The molecule has 0 atom stereocenters. The van der Waals surface area contributed by atoms with Crippen LogP contribution in [-0.4, -0.2) is 71.0 Å². The molecule has 1 aromatic heterocycles. The Morgan fingerprint density at radius 2 is 1.76 bits per heavy atom. The number of piperazine rings is 1. The van der Waals surface area contributed by atoms with Crippen LogP contribution in [0.15, 0.2) is 42.3 Å². The van der Waals surface area contributed by atoms with E-state index in [1.165, 1.54) is 37.0 Å². The van der Waals surface area contributed by atoms with Crippen molar-refractivity contribution in [2.75, 3.05) is 44.2 Å². The molecule has 0 N–H and O–H groups in total. The fraction of sp³-hybridized carbons (Fsp3) is 0.567. The lowest BCUT2D eigenvalue weighted by Crippen LogP contribution is -2.52. The second-order valence-corrected chi connectivity index (χ2v) is 10.4. The molecule has 1 aromatic carbocycles. The molecular weight excluding hydrogens is 481 g/mol. The van der Waals surface area contributed by atoms with Crippen molar-refractivity contribution in [3.05, 3.63) is 64.9 Å². The maximum absolute atomic E-state index is 12.6. The molecule has 1 aliphatic carbocycles. The van der Waals surface area contributed by atoms with Crippen molar-refractivity contribution in [2.45, 2.75) is 71.9 Å². The highest BCUT2D eigenvalue weighted by Gasteiger charge is 2.29. The summed E-state index contributed by atoms with van der Waals surface area (Å²) in [6, 6.07) is 7.18. The van der Waals surface area contributed by atoms with E-state index in [0.29, 0.717) is 6.61 Å². The molecule has 38 heavy (non-hydrogen) atoms. The number of carbonyl (C=O) groups is 1. The number of hydrogen-bond donors (Lipinski definition) is 0. The van der Waals surface area contributed by atoms with Crippen LogP contribution in [-0.2, 0) is 29.0 Å². The van der Waals surface area contributed by atoms with Gasteiger partial charge in [-0.05, 0) is 61.9 Å². The first-order valence-electron chi connectivity index (χ1n) is 14.1. The number of amides is 1. The number of hydrogen-bond acceptors (Lipinski definition) is 6. The highest BCUT2D eigenvalue weighted by atomic mass is 19.1. The summed E-state index contributed by atoms with van der Waals surface area (Å²) in [7, 11) is 0. The SMILES string of the molecule is CC(=O)N1CCc2cnc(N3CCN(C4CCC4)CC3)nc2CC1.CC/C=C(/C)OCc1ccc(F)cc1. The number of benzene rings is 1. The molecular formula is C30H42FN5O2. The molecule has 2 aliphatic heterocycles. The van der Waals surface area contributed by atoms with E-state index < -0.39 is 0 Å². The number of ether oxygens (including phenoxy) is 1.